The molecule has 0 bridgehead atoms. The first-order chi connectivity index (χ1) is 18.4. The van der Waals surface area contributed by atoms with E-state index in [1.807, 2.05) is 42.5 Å². The molecule has 0 atom stereocenters. The number of benzene rings is 4. The minimum Gasteiger partial charge on any atom is -0.493 e. The molecule has 192 valence electrons. The van der Waals surface area contributed by atoms with E-state index >= 15 is 0 Å². The molecule has 5 rings (SSSR count). The predicted molar refractivity (Wildman–Crippen MR) is 154 cm³/mol. The van der Waals surface area contributed by atoms with E-state index in [0.717, 1.165) is 33.0 Å². The lowest BCUT2D eigenvalue weighted by Gasteiger charge is -2.15. The first-order valence-electron chi connectivity index (χ1n) is 11.5. The number of carbonyl (C=O) groups excluding carboxylic acids is 2. The summed E-state index contributed by atoms with van der Waals surface area (Å²) in [4.78, 5) is 27.1. The van der Waals surface area contributed by atoms with E-state index in [1.165, 1.54) is 7.11 Å². The number of nitrogens with zero attached hydrogens (tertiary/aromatic N) is 1. The highest BCUT2D eigenvalue weighted by atomic mass is 35.5. The average molecular weight is 585 g/mol. The Kier molecular flexibility index (Phi) is 7.86. The molecule has 0 N–H and O–H groups in total. The number of amides is 2. The zero-order valence-corrected chi connectivity index (χ0v) is 23.1. The summed E-state index contributed by atoms with van der Waals surface area (Å²) in [6.45, 7) is 0.270. The van der Waals surface area contributed by atoms with Gasteiger partial charge in [0.1, 0.15) is 6.61 Å². The van der Waals surface area contributed by atoms with E-state index in [1.54, 1.807) is 36.4 Å². The first-order valence-corrected chi connectivity index (χ1v) is 13.5. The molecule has 9 heteroatoms. The van der Waals surface area contributed by atoms with Gasteiger partial charge in [-0.15, -0.1) is 0 Å². The van der Waals surface area contributed by atoms with E-state index in [0.29, 0.717) is 44.3 Å². The molecular weight excluding hydrogens is 565 g/mol. The molecule has 0 saturated carbocycles. The van der Waals surface area contributed by atoms with Crippen LogP contribution >= 0.6 is 46.6 Å². The lowest BCUT2D eigenvalue weighted by Crippen LogP contribution is -2.27. The molecule has 0 radical (unpaired) electrons. The van der Waals surface area contributed by atoms with Gasteiger partial charge < -0.3 is 9.47 Å². The normalized spacial score (nSPS) is 14.5. The van der Waals surface area contributed by atoms with Crippen molar-refractivity contribution in [3.05, 3.63) is 109 Å². The van der Waals surface area contributed by atoms with E-state index in [4.69, 9.17) is 44.3 Å². The Hall–Kier alpha value is -3.16. The van der Waals surface area contributed by atoms with Crippen molar-refractivity contribution in [1.29, 1.82) is 0 Å². The Bertz CT molecular complexity index is 1580. The summed E-state index contributed by atoms with van der Waals surface area (Å²) < 4.78 is 11.6. The summed E-state index contributed by atoms with van der Waals surface area (Å²) in [7, 11) is 1.52. The summed E-state index contributed by atoms with van der Waals surface area (Å²) in [5, 5.41) is 2.89. The number of ether oxygens (including phenoxy) is 2. The summed E-state index contributed by atoms with van der Waals surface area (Å²) in [5.74, 6) is 0.356. The van der Waals surface area contributed by atoms with Gasteiger partial charge in [0.2, 0.25) is 0 Å². The number of methoxy groups -OCH3 is 1. The lowest BCUT2D eigenvalue weighted by molar-refractivity contribution is -0.123. The zero-order chi connectivity index (χ0) is 26.8. The summed E-state index contributed by atoms with van der Waals surface area (Å²) >= 11 is 19.9. The Labute approximate surface area is 238 Å². The van der Waals surface area contributed by atoms with Crippen LogP contribution in [-0.2, 0) is 17.9 Å². The van der Waals surface area contributed by atoms with Crippen molar-refractivity contribution in [2.75, 3.05) is 7.11 Å². The van der Waals surface area contributed by atoms with Gasteiger partial charge in [-0.25, -0.2) is 0 Å². The standard InChI is InChI=1S/C29H20Cl3NO4S/c1-36-25-13-17(12-24(32)27(25)37-16-19-8-4-7-18-6-2-3-9-20(18)19)14-26-28(34)33(29(35)38-26)15-21-22(30)10-5-11-23(21)31/h2-14H,15-16H2,1H3/b26-14-. The number of halogens is 3. The fourth-order valence-corrected chi connectivity index (χ4v) is 5.79. The summed E-state index contributed by atoms with van der Waals surface area (Å²) in [6.07, 6.45) is 1.60. The van der Waals surface area contributed by atoms with Crippen LogP contribution in [0.3, 0.4) is 0 Å². The molecule has 0 aliphatic carbocycles. The highest BCUT2D eigenvalue weighted by Crippen LogP contribution is 2.40. The highest BCUT2D eigenvalue weighted by Gasteiger charge is 2.35. The Balaban J connectivity index is 1.37. The van der Waals surface area contributed by atoms with Gasteiger partial charge in [0.15, 0.2) is 11.5 Å². The lowest BCUT2D eigenvalue weighted by atomic mass is 10.1. The fraction of sp³-hybridized carbons (Fsp3) is 0.103. The van der Waals surface area contributed by atoms with Crippen LogP contribution in [0.1, 0.15) is 16.7 Å². The summed E-state index contributed by atoms with van der Waals surface area (Å²) in [5.41, 5.74) is 2.11. The third-order valence-electron chi connectivity index (χ3n) is 6.05. The molecule has 1 saturated heterocycles. The number of imide groups is 1. The molecule has 2 amide bonds. The van der Waals surface area contributed by atoms with Crippen molar-refractivity contribution in [1.82, 2.24) is 4.90 Å². The molecule has 4 aromatic carbocycles. The SMILES string of the molecule is COc1cc(/C=C2\SC(=O)N(Cc3c(Cl)cccc3Cl)C2=O)cc(Cl)c1OCc1cccc2ccccc12. The minimum atomic E-state index is -0.442. The van der Waals surface area contributed by atoms with Crippen LogP contribution in [0.2, 0.25) is 15.1 Å². The smallest absolute Gasteiger partial charge is 0.293 e. The molecule has 0 aromatic heterocycles. The Morgan fingerprint density at radius 2 is 1.61 bits per heavy atom. The molecule has 1 heterocycles. The first kappa shape index (κ1) is 26.4. The van der Waals surface area contributed by atoms with Crippen molar-refractivity contribution in [2.24, 2.45) is 0 Å². The molecule has 5 nitrogen and oxygen atoms in total. The number of carbonyl (C=O) groups is 2. The van der Waals surface area contributed by atoms with E-state index in [2.05, 4.69) is 0 Å². The van der Waals surface area contributed by atoms with Crippen LogP contribution < -0.4 is 9.47 Å². The van der Waals surface area contributed by atoms with Gasteiger partial charge in [-0.2, -0.15) is 0 Å². The number of hydrogen-bond donors (Lipinski definition) is 0. The molecular formula is C29H20Cl3NO4S. The van der Waals surface area contributed by atoms with Crippen LogP contribution in [0.4, 0.5) is 4.79 Å². The van der Waals surface area contributed by atoms with E-state index in [9.17, 15) is 9.59 Å². The van der Waals surface area contributed by atoms with Gasteiger partial charge in [-0.1, -0.05) is 83.3 Å². The topological polar surface area (TPSA) is 55.8 Å². The molecule has 38 heavy (non-hydrogen) atoms. The molecule has 1 fully saturated rings. The van der Waals surface area contributed by atoms with Gasteiger partial charge in [-0.3, -0.25) is 14.5 Å². The molecule has 0 spiro atoms. The quantitative estimate of drug-likeness (QED) is 0.204. The van der Waals surface area contributed by atoms with Crippen LogP contribution in [0.15, 0.2) is 77.7 Å². The van der Waals surface area contributed by atoms with Crippen molar-refractivity contribution in [3.63, 3.8) is 0 Å². The van der Waals surface area contributed by atoms with Gasteiger partial charge in [0, 0.05) is 15.6 Å². The van der Waals surface area contributed by atoms with Crippen LogP contribution in [0.25, 0.3) is 16.8 Å². The van der Waals surface area contributed by atoms with Gasteiger partial charge in [0.25, 0.3) is 11.1 Å². The van der Waals surface area contributed by atoms with Gasteiger partial charge in [-0.05, 0) is 64.0 Å². The maximum absolute atomic E-state index is 13.1. The van der Waals surface area contributed by atoms with E-state index in [-0.39, 0.29) is 11.4 Å². The molecule has 1 aliphatic rings. The van der Waals surface area contributed by atoms with Gasteiger partial charge in [0.05, 0.1) is 23.6 Å². The third kappa shape index (κ3) is 5.36. The van der Waals surface area contributed by atoms with Crippen LogP contribution in [0, 0.1) is 0 Å². The van der Waals surface area contributed by atoms with Crippen LogP contribution in [0.5, 0.6) is 11.5 Å². The van der Waals surface area contributed by atoms with E-state index < -0.39 is 11.1 Å². The van der Waals surface area contributed by atoms with Crippen molar-refractivity contribution < 1.29 is 19.1 Å². The number of hydrogen-bond acceptors (Lipinski definition) is 5. The average Bonchev–Trinajstić information content (AvgIpc) is 3.17. The molecule has 1 aliphatic heterocycles. The fourth-order valence-electron chi connectivity index (χ4n) is 4.16. The Morgan fingerprint density at radius 3 is 2.37 bits per heavy atom. The van der Waals surface area contributed by atoms with Crippen LogP contribution in [-0.4, -0.2) is 23.2 Å². The summed E-state index contributed by atoms with van der Waals surface area (Å²) in [6, 6.07) is 22.5. The maximum atomic E-state index is 13.1. The zero-order valence-electron chi connectivity index (χ0n) is 20.0. The van der Waals surface area contributed by atoms with Crippen molar-refractivity contribution in [3.8, 4) is 11.5 Å². The number of fused-ring (bicyclic) bond motifs is 1. The maximum Gasteiger partial charge on any atom is 0.293 e. The number of rotatable bonds is 7. The van der Waals surface area contributed by atoms with Crippen molar-refractivity contribution >= 4 is 74.6 Å². The Morgan fingerprint density at radius 1 is 0.895 bits per heavy atom. The highest BCUT2D eigenvalue weighted by molar-refractivity contribution is 8.18. The molecule has 0 unspecified atom stereocenters. The second kappa shape index (κ2) is 11.3. The predicted octanol–water partition coefficient (Wildman–Crippen LogP) is 8.62. The second-order valence-corrected chi connectivity index (χ2v) is 10.6. The third-order valence-corrected chi connectivity index (χ3v) is 7.95. The minimum absolute atomic E-state index is 0.0223. The largest absolute Gasteiger partial charge is 0.493 e. The van der Waals surface area contributed by atoms with Gasteiger partial charge >= 0.3 is 0 Å². The van der Waals surface area contributed by atoms with Crippen molar-refractivity contribution in [2.45, 2.75) is 13.2 Å². The second-order valence-electron chi connectivity index (χ2n) is 8.43. The molecule has 4 aromatic rings. The monoisotopic (exact) mass is 583 g/mol. The number of thioether (sulfide) groups is 1.